The Balaban J connectivity index is 1.89. The van der Waals surface area contributed by atoms with Gasteiger partial charge in [0, 0.05) is 28.1 Å². The number of hydrogen-bond donors (Lipinski definition) is 0. The summed E-state index contributed by atoms with van der Waals surface area (Å²) in [5, 5.41) is 5.30. The zero-order valence-electron chi connectivity index (χ0n) is 15.4. The predicted molar refractivity (Wildman–Crippen MR) is 110 cm³/mol. The molecule has 0 aliphatic heterocycles. The first-order valence-corrected chi connectivity index (χ1v) is 9.35. The molecule has 0 saturated carbocycles. The SMILES string of the molecule is COc1cccc(-c2ccc(=O)n(C(C)C(=O)Cc3cc(Cl)cc(Cl)c3)n2)c1. The highest BCUT2D eigenvalue weighted by molar-refractivity contribution is 6.34. The van der Waals surface area contributed by atoms with Gasteiger partial charge in [0.15, 0.2) is 5.78 Å². The number of carbonyl (C=O) groups is 1. The second-order valence-electron chi connectivity index (χ2n) is 6.33. The monoisotopic (exact) mass is 416 g/mol. The Morgan fingerprint density at radius 2 is 1.82 bits per heavy atom. The van der Waals surface area contributed by atoms with Crippen molar-refractivity contribution in [2.45, 2.75) is 19.4 Å². The van der Waals surface area contributed by atoms with Crippen molar-refractivity contribution in [1.29, 1.82) is 0 Å². The summed E-state index contributed by atoms with van der Waals surface area (Å²) in [6.45, 7) is 1.65. The molecule has 2 aromatic carbocycles. The number of hydrogen-bond acceptors (Lipinski definition) is 4. The molecule has 1 unspecified atom stereocenters. The van der Waals surface area contributed by atoms with E-state index in [1.54, 1.807) is 38.3 Å². The van der Waals surface area contributed by atoms with Crippen molar-refractivity contribution in [1.82, 2.24) is 9.78 Å². The summed E-state index contributed by atoms with van der Waals surface area (Å²) in [5.74, 6) is 0.509. The summed E-state index contributed by atoms with van der Waals surface area (Å²) >= 11 is 12.0. The Hall–Kier alpha value is -2.63. The highest BCUT2D eigenvalue weighted by Crippen LogP contribution is 2.23. The van der Waals surface area contributed by atoms with Crippen molar-refractivity contribution in [3.05, 3.63) is 80.6 Å². The van der Waals surface area contributed by atoms with E-state index in [2.05, 4.69) is 5.10 Å². The van der Waals surface area contributed by atoms with Crippen LogP contribution in [-0.4, -0.2) is 22.7 Å². The molecule has 144 valence electrons. The van der Waals surface area contributed by atoms with Gasteiger partial charge in [-0.1, -0.05) is 35.3 Å². The van der Waals surface area contributed by atoms with Crippen LogP contribution in [0.15, 0.2) is 59.4 Å². The van der Waals surface area contributed by atoms with Gasteiger partial charge in [0.2, 0.25) is 0 Å². The Bertz CT molecular complexity index is 1060. The summed E-state index contributed by atoms with van der Waals surface area (Å²) < 4.78 is 6.43. The van der Waals surface area contributed by atoms with Crippen molar-refractivity contribution >= 4 is 29.0 Å². The van der Waals surface area contributed by atoms with Crippen molar-refractivity contribution in [2.75, 3.05) is 7.11 Å². The maximum absolute atomic E-state index is 12.7. The van der Waals surface area contributed by atoms with Gasteiger partial charge in [-0.3, -0.25) is 9.59 Å². The fourth-order valence-corrected chi connectivity index (χ4v) is 3.41. The number of ketones is 1. The number of Topliss-reactive ketones (excluding diaryl/α,β-unsaturated/α-hetero) is 1. The van der Waals surface area contributed by atoms with Crippen LogP contribution in [0, 0.1) is 0 Å². The molecule has 3 aromatic rings. The van der Waals surface area contributed by atoms with Crippen LogP contribution >= 0.6 is 23.2 Å². The van der Waals surface area contributed by atoms with E-state index < -0.39 is 6.04 Å². The van der Waals surface area contributed by atoms with E-state index in [4.69, 9.17) is 27.9 Å². The molecule has 0 fully saturated rings. The number of ether oxygens (including phenoxy) is 1. The van der Waals surface area contributed by atoms with Gasteiger partial charge in [-0.15, -0.1) is 0 Å². The lowest BCUT2D eigenvalue weighted by molar-refractivity contribution is -0.121. The second kappa shape index (κ2) is 8.59. The third-order valence-corrected chi connectivity index (χ3v) is 4.76. The van der Waals surface area contributed by atoms with Gasteiger partial charge in [-0.05, 0) is 48.9 Å². The highest BCUT2D eigenvalue weighted by Gasteiger charge is 2.19. The van der Waals surface area contributed by atoms with Crippen LogP contribution in [0.1, 0.15) is 18.5 Å². The predicted octanol–water partition coefficient (Wildman–Crippen LogP) is 4.60. The lowest BCUT2D eigenvalue weighted by atomic mass is 10.0. The van der Waals surface area contributed by atoms with Crippen LogP contribution in [0.25, 0.3) is 11.3 Å². The number of carbonyl (C=O) groups excluding carboxylic acids is 1. The average Bonchev–Trinajstić information content (AvgIpc) is 2.67. The van der Waals surface area contributed by atoms with Gasteiger partial charge in [-0.25, -0.2) is 4.68 Å². The molecule has 28 heavy (non-hydrogen) atoms. The normalized spacial score (nSPS) is 11.9. The molecule has 0 N–H and O–H groups in total. The summed E-state index contributed by atoms with van der Waals surface area (Å²) in [6.07, 6.45) is 0.0962. The molecule has 3 rings (SSSR count). The summed E-state index contributed by atoms with van der Waals surface area (Å²) in [7, 11) is 1.58. The fourth-order valence-electron chi connectivity index (χ4n) is 2.84. The van der Waals surface area contributed by atoms with E-state index in [-0.39, 0.29) is 17.8 Å². The number of nitrogens with zero attached hydrogens (tertiary/aromatic N) is 2. The summed E-state index contributed by atoms with van der Waals surface area (Å²) in [6, 6.07) is 14.6. The lowest BCUT2D eigenvalue weighted by Crippen LogP contribution is -2.30. The molecule has 1 heterocycles. The fraction of sp³-hybridized carbons (Fsp3) is 0.190. The molecule has 0 bridgehead atoms. The van der Waals surface area contributed by atoms with Crippen LogP contribution < -0.4 is 10.3 Å². The zero-order chi connectivity index (χ0) is 20.3. The minimum Gasteiger partial charge on any atom is -0.497 e. The number of benzene rings is 2. The molecule has 5 nitrogen and oxygen atoms in total. The molecule has 0 amide bonds. The Morgan fingerprint density at radius 1 is 1.11 bits per heavy atom. The summed E-state index contributed by atoms with van der Waals surface area (Å²) in [4.78, 5) is 25.0. The van der Waals surface area contributed by atoms with E-state index in [0.29, 0.717) is 27.1 Å². The molecular weight excluding hydrogens is 399 g/mol. The van der Waals surface area contributed by atoms with E-state index in [1.165, 1.54) is 10.7 Å². The highest BCUT2D eigenvalue weighted by atomic mass is 35.5. The number of rotatable bonds is 6. The minimum absolute atomic E-state index is 0.0962. The topological polar surface area (TPSA) is 61.2 Å². The quantitative estimate of drug-likeness (QED) is 0.588. The van der Waals surface area contributed by atoms with Gasteiger partial charge in [0.05, 0.1) is 12.8 Å². The zero-order valence-corrected chi connectivity index (χ0v) is 16.9. The van der Waals surface area contributed by atoms with Crippen molar-refractivity contribution in [3.63, 3.8) is 0 Å². The Kier molecular flexibility index (Phi) is 6.17. The maximum atomic E-state index is 12.7. The Morgan fingerprint density at radius 3 is 2.50 bits per heavy atom. The van der Waals surface area contributed by atoms with E-state index >= 15 is 0 Å². The van der Waals surface area contributed by atoms with Crippen LogP contribution in [0.4, 0.5) is 0 Å². The van der Waals surface area contributed by atoms with Gasteiger partial charge < -0.3 is 4.74 Å². The first-order chi connectivity index (χ1) is 13.4. The lowest BCUT2D eigenvalue weighted by Gasteiger charge is -2.14. The van der Waals surface area contributed by atoms with Crippen molar-refractivity contribution < 1.29 is 9.53 Å². The number of methoxy groups -OCH3 is 1. The Labute approximate surface area is 172 Å². The smallest absolute Gasteiger partial charge is 0.267 e. The third-order valence-electron chi connectivity index (χ3n) is 4.32. The maximum Gasteiger partial charge on any atom is 0.267 e. The van der Waals surface area contributed by atoms with Crippen molar-refractivity contribution in [3.8, 4) is 17.0 Å². The molecular formula is C21H18Cl2N2O3. The number of halogens is 2. The first-order valence-electron chi connectivity index (χ1n) is 8.59. The van der Waals surface area contributed by atoms with Crippen LogP contribution in [0.3, 0.4) is 0 Å². The summed E-state index contributed by atoms with van der Waals surface area (Å²) in [5.41, 5.74) is 1.70. The molecule has 1 atom stereocenters. The molecule has 0 saturated heterocycles. The van der Waals surface area contributed by atoms with Crippen LogP contribution in [0.2, 0.25) is 10.0 Å². The molecule has 0 aliphatic carbocycles. The first kappa shape index (κ1) is 20.1. The molecule has 1 aromatic heterocycles. The second-order valence-corrected chi connectivity index (χ2v) is 7.20. The van der Waals surface area contributed by atoms with Gasteiger partial charge >= 0.3 is 0 Å². The van der Waals surface area contributed by atoms with Crippen molar-refractivity contribution in [2.24, 2.45) is 0 Å². The number of aromatic nitrogens is 2. The largest absolute Gasteiger partial charge is 0.497 e. The van der Waals surface area contributed by atoms with E-state index in [9.17, 15) is 9.59 Å². The van der Waals surface area contributed by atoms with Crippen LogP contribution in [0.5, 0.6) is 5.75 Å². The van der Waals surface area contributed by atoms with Gasteiger partial charge in [0.1, 0.15) is 11.8 Å². The van der Waals surface area contributed by atoms with Gasteiger partial charge in [-0.2, -0.15) is 5.10 Å². The van der Waals surface area contributed by atoms with Crippen LogP contribution in [-0.2, 0) is 11.2 Å². The average molecular weight is 417 g/mol. The minimum atomic E-state index is -0.740. The van der Waals surface area contributed by atoms with Gasteiger partial charge in [0.25, 0.3) is 5.56 Å². The third kappa shape index (κ3) is 4.61. The standard InChI is InChI=1S/C21H18Cl2N2O3/c1-13(20(26)10-14-8-16(22)12-17(23)9-14)25-21(27)7-6-19(24-25)15-4-3-5-18(11-15)28-2/h3-9,11-13H,10H2,1-2H3. The van der Waals surface area contributed by atoms with E-state index in [1.807, 2.05) is 24.3 Å². The molecule has 0 radical (unpaired) electrons. The molecule has 0 aliphatic rings. The van der Waals surface area contributed by atoms with E-state index in [0.717, 1.165) is 5.56 Å². The molecule has 7 heteroatoms. The molecule has 0 spiro atoms.